The summed E-state index contributed by atoms with van der Waals surface area (Å²) in [6.07, 6.45) is 0.738. The van der Waals surface area contributed by atoms with E-state index in [9.17, 15) is 14.9 Å². The van der Waals surface area contributed by atoms with Crippen molar-refractivity contribution in [3.63, 3.8) is 0 Å². The fraction of sp³-hybridized carbons (Fsp3) is 0.833. The number of hydrogen-bond acceptors (Lipinski definition) is 4. The highest BCUT2D eigenvalue weighted by Gasteiger charge is 2.30. The zero-order valence-corrected chi connectivity index (χ0v) is 13.0. The van der Waals surface area contributed by atoms with Crippen molar-refractivity contribution < 1.29 is 9.83 Å². The first-order chi connectivity index (χ1) is 9.56. The van der Waals surface area contributed by atoms with Gasteiger partial charge in [0, 0.05) is 12.1 Å². The molecule has 0 aromatic carbocycles. The second-order valence-corrected chi connectivity index (χ2v) is 5.79. The maximum Gasteiger partial charge on any atom is 0.248 e. The smallest absolute Gasteiger partial charge is 0.248 e. The van der Waals surface area contributed by atoms with Crippen LogP contribution in [0.3, 0.4) is 0 Å². The van der Waals surface area contributed by atoms with E-state index in [2.05, 4.69) is 10.6 Å². The summed E-state index contributed by atoms with van der Waals surface area (Å²) in [6, 6.07) is -0.924. The second kappa shape index (κ2) is 8.28. The van der Waals surface area contributed by atoms with E-state index in [1.807, 2.05) is 33.1 Å². The van der Waals surface area contributed by atoms with Crippen molar-refractivity contribution in [3.8, 4) is 0 Å². The van der Waals surface area contributed by atoms with Gasteiger partial charge in [0.05, 0.1) is 0 Å². The van der Waals surface area contributed by atoms with Crippen LogP contribution in [0.5, 0.6) is 0 Å². The fourth-order valence-electron chi connectivity index (χ4n) is 1.46. The number of nitrogens with one attached hydrogen (secondary N) is 4. The number of nitrogens with two attached hydrogens (primary N) is 1. The van der Waals surface area contributed by atoms with Crippen LogP contribution in [0.15, 0.2) is 0 Å². The standard InChI is InChI=1S/C12H26N6O3/c1-8(2)12(3,4)16-10(19)9(17-18(20)21)6-5-7-15-11(13)14/h8-9,17H,5-7H2,1-4H3,(H,16,19)(H4,13,14,15)/t9-/m0/s1. The molecule has 0 unspecified atom stereocenters. The minimum atomic E-state index is -0.924. The molecule has 0 aliphatic rings. The van der Waals surface area contributed by atoms with Crippen LogP contribution in [0.2, 0.25) is 0 Å². The molecule has 6 N–H and O–H groups in total. The topological polar surface area (TPSA) is 146 Å². The number of hydrazine groups is 1. The lowest BCUT2D eigenvalue weighted by molar-refractivity contribution is -0.548. The first kappa shape index (κ1) is 18.9. The molecule has 0 aromatic heterocycles. The lowest BCUT2D eigenvalue weighted by Gasteiger charge is -2.31. The van der Waals surface area contributed by atoms with E-state index >= 15 is 0 Å². The quantitative estimate of drug-likeness (QED) is 0.133. The highest BCUT2D eigenvalue weighted by molar-refractivity contribution is 5.82. The number of nitrogens with zero attached hydrogens (tertiary/aromatic N) is 1. The average molecular weight is 302 g/mol. The number of guanidine groups is 1. The number of carbonyl (C=O) groups is 1. The highest BCUT2D eigenvalue weighted by Crippen LogP contribution is 2.15. The van der Waals surface area contributed by atoms with Gasteiger partial charge < -0.3 is 16.4 Å². The third-order valence-corrected chi connectivity index (χ3v) is 3.45. The molecule has 0 aromatic rings. The first-order valence-electron chi connectivity index (χ1n) is 6.86. The number of carbonyl (C=O) groups excluding carboxylic acids is 1. The lowest BCUT2D eigenvalue weighted by Crippen LogP contribution is -2.55. The molecule has 0 fully saturated rings. The normalized spacial score (nSPS) is 12.6. The predicted molar refractivity (Wildman–Crippen MR) is 80.1 cm³/mol. The summed E-state index contributed by atoms with van der Waals surface area (Å²) in [7, 11) is 0. The molecule has 0 aliphatic carbocycles. The van der Waals surface area contributed by atoms with Crippen molar-refractivity contribution in [3.05, 3.63) is 10.1 Å². The Balaban J connectivity index is 4.55. The Morgan fingerprint density at radius 2 is 2.00 bits per heavy atom. The summed E-state index contributed by atoms with van der Waals surface area (Å²) in [5.74, 6) is -0.385. The minimum Gasteiger partial charge on any atom is -0.370 e. The van der Waals surface area contributed by atoms with E-state index in [1.54, 1.807) is 0 Å². The maximum atomic E-state index is 12.2. The van der Waals surface area contributed by atoms with Crippen LogP contribution in [0.1, 0.15) is 40.5 Å². The molecule has 0 bridgehead atoms. The van der Waals surface area contributed by atoms with Crippen LogP contribution in [-0.4, -0.2) is 35.0 Å². The van der Waals surface area contributed by atoms with Gasteiger partial charge in [-0.3, -0.25) is 10.2 Å². The van der Waals surface area contributed by atoms with Crippen LogP contribution in [0, 0.1) is 21.4 Å². The summed E-state index contributed by atoms with van der Waals surface area (Å²) in [4.78, 5) is 22.8. The van der Waals surface area contributed by atoms with Crippen LogP contribution < -0.4 is 21.8 Å². The van der Waals surface area contributed by atoms with Crippen molar-refractivity contribution >= 4 is 11.9 Å². The molecular weight excluding hydrogens is 276 g/mol. The zero-order chi connectivity index (χ0) is 16.6. The van der Waals surface area contributed by atoms with E-state index in [4.69, 9.17) is 11.1 Å². The molecule has 0 saturated heterocycles. The Hall–Kier alpha value is -2.06. The van der Waals surface area contributed by atoms with Crippen LogP contribution in [0.4, 0.5) is 0 Å². The molecule has 0 aliphatic heterocycles. The molecule has 0 rings (SSSR count). The average Bonchev–Trinajstić information content (AvgIpc) is 2.31. The van der Waals surface area contributed by atoms with E-state index in [-0.39, 0.29) is 18.3 Å². The highest BCUT2D eigenvalue weighted by atomic mass is 16.7. The van der Waals surface area contributed by atoms with Crippen LogP contribution >= 0.6 is 0 Å². The summed E-state index contributed by atoms with van der Waals surface area (Å²) in [6.45, 7) is 8.05. The van der Waals surface area contributed by atoms with Gasteiger partial charge in [0.25, 0.3) is 0 Å². The molecule has 0 radical (unpaired) electrons. The van der Waals surface area contributed by atoms with Crippen molar-refractivity contribution in [2.45, 2.75) is 52.1 Å². The van der Waals surface area contributed by atoms with Crippen molar-refractivity contribution in [1.29, 1.82) is 5.41 Å². The molecular formula is C12H26N6O3. The van der Waals surface area contributed by atoms with E-state index in [1.165, 1.54) is 0 Å². The van der Waals surface area contributed by atoms with Crippen molar-refractivity contribution in [1.82, 2.24) is 16.1 Å². The molecule has 0 saturated carbocycles. The Bertz CT molecular complexity index is 383. The van der Waals surface area contributed by atoms with Gasteiger partial charge in [-0.2, -0.15) is 0 Å². The second-order valence-electron chi connectivity index (χ2n) is 5.79. The van der Waals surface area contributed by atoms with E-state index in [0.29, 0.717) is 13.0 Å². The Morgan fingerprint density at radius 3 is 2.43 bits per heavy atom. The van der Waals surface area contributed by atoms with Gasteiger partial charge >= 0.3 is 0 Å². The van der Waals surface area contributed by atoms with Gasteiger partial charge in [0.15, 0.2) is 17.0 Å². The molecule has 0 heterocycles. The Morgan fingerprint density at radius 1 is 1.43 bits per heavy atom. The maximum absolute atomic E-state index is 12.2. The minimum absolute atomic E-state index is 0.167. The Labute approximate surface area is 124 Å². The number of rotatable bonds is 9. The third kappa shape index (κ3) is 7.95. The van der Waals surface area contributed by atoms with Gasteiger partial charge in [-0.05, 0) is 32.6 Å². The number of amides is 1. The molecule has 21 heavy (non-hydrogen) atoms. The molecule has 0 spiro atoms. The number of nitro groups is 1. The third-order valence-electron chi connectivity index (χ3n) is 3.45. The first-order valence-corrected chi connectivity index (χ1v) is 6.86. The summed E-state index contributed by atoms with van der Waals surface area (Å²) in [5.41, 5.74) is 6.71. The Kier molecular flexibility index (Phi) is 7.46. The van der Waals surface area contributed by atoms with Crippen LogP contribution in [-0.2, 0) is 4.79 Å². The largest absolute Gasteiger partial charge is 0.370 e. The van der Waals surface area contributed by atoms with E-state index in [0.717, 1.165) is 0 Å². The molecule has 9 nitrogen and oxygen atoms in total. The van der Waals surface area contributed by atoms with E-state index < -0.39 is 22.5 Å². The van der Waals surface area contributed by atoms with Crippen molar-refractivity contribution in [2.75, 3.05) is 6.54 Å². The van der Waals surface area contributed by atoms with Crippen molar-refractivity contribution in [2.24, 2.45) is 11.7 Å². The molecule has 122 valence electrons. The van der Waals surface area contributed by atoms with Gasteiger partial charge in [0.2, 0.25) is 5.91 Å². The van der Waals surface area contributed by atoms with Gasteiger partial charge in [-0.1, -0.05) is 13.8 Å². The van der Waals surface area contributed by atoms with Gasteiger partial charge in [-0.15, -0.1) is 5.43 Å². The molecule has 1 atom stereocenters. The summed E-state index contributed by atoms with van der Waals surface area (Å²) < 4.78 is 0. The zero-order valence-electron chi connectivity index (χ0n) is 13.0. The van der Waals surface area contributed by atoms with Gasteiger partial charge in [0.1, 0.15) is 0 Å². The summed E-state index contributed by atoms with van der Waals surface area (Å²) >= 11 is 0. The molecule has 1 amide bonds. The van der Waals surface area contributed by atoms with Crippen LogP contribution in [0.25, 0.3) is 0 Å². The molecule has 9 heteroatoms. The lowest BCUT2D eigenvalue weighted by atomic mass is 9.90. The fourth-order valence-corrected chi connectivity index (χ4v) is 1.46. The van der Waals surface area contributed by atoms with Gasteiger partial charge in [-0.25, -0.2) is 10.1 Å². The SMILES string of the molecule is CC(C)C(C)(C)NC(=O)[C@H](CCCNC(=N)N)N[N+](=O)[O-]. The predicted octanol–water partition coefficient (Wildman–Crippen LogP) is -0.0496. The summed E-state index contributed by atoms with van der Waals surface area (Å²) in [5, 5.41) is 22.3. The monoisotopic (exact) mass is 302 g/mol. The number of hydrogen-bond donors (Lipinski definition) is 5.